The van der Waals surface area contributed by atoms with Gasteiger partial charge in [-0.15, -0.1) is 0 Å². The van der Waals surface area contributed by atoms with Gasteiger partial charge >= 0.3 is 0 Å². The molecule has 0 saturated carbocycles. The number of hydrogen-bond donors (Lipinski definition) is 6. The lowest BCUT2D eigenvalue weighted by molar-refractivity contribution is -0.0766. The Labute approximate surface area is 222 Å². The Balaban J connectivity index is 1.36. The third kappa shape index (κ3) is 3.70. The van der Waals surface area contributed by atoms with E-state index >= 15 is 0 Å². The molecule has 1 fully saturated rings. The molecule has 39 heavy (non-hydrogen) atoms. The molecule has 200 valence electrons. The summed E-state index contributed by atoms with van der Waals surface area (Å²) in [6, 6.07) is 14.8. The summed E-state index contributed by atoms with van der Waals surface area (Å²) >= 11 is 0. The summed E-state index contributed by atoms with van der Waals surface area (Å²) in [6.07, 6.45) is -2.99. The predicted molar refractivity (Wildman–Crippen MR) is 142 cm³/mol. The van der Waals surface area contributed by atoms with E-state index in [-0.39, 0.29) is 13.0 Å². The maximum absolute atomic E-state index is 11.3. The molecule has 3 aromatic carbocycles. The van der Waals surface area contributed by atoms with Gasteiger partial charge in [-0.25, -0.2) is 15.0 Å². The van der Waals surface area contributed by atoms with Crippen LogP contribution in [0.1, 0.15) is 35.9 Å². The molecule has 7 atom stereocenters. The molecule has 0 spiro atoms. The Kier molecular flexibility index (Phi) is 5.74. The number of rotatable bonds is 4. The second-order valence-electron chi connectivity index (χ2n) is 10.2. The van der Waals surface area contributed by atoms with Crippen molar-refractivity contribution < 1.29 is 30.3 Å². The van der Waals surface area contributed by atoms with Crippen LogP contribution in [-0.4, -0.2) is 76.1 Å². The van der Waals surface area contributed by atoms with Gasteiger partial charge in [-0.2, -0.15) is 0 Å². The summed E-state index contributed by atoms with van der Waals surface area (Å²) in [5.41, 5.74) is 2.04. The average Bonchev–Trinajstić information content (AvgIpc) is 3.56. The highest BCUT2D eigenvalue weighted by Gasteiger charge is 2.42. The largest absolute Gasteiger partial charge is 0.394 e. The van der Waals surface area contributed by atoms with Gasteiger partial charge < -0.3 is 35.6 Å². The number of nitrogens with one attached hydrogen (secondary N) is 1. The fourth-order valence-electron chi connectivity index (χ4n) is 6.00. The van der Waals surface area contributed by atoms with Crippen molar-refractivity contribution in [1.82, 2.24) is 19.5 Å². The third-order valence-corrected chi connectivity index (χ3v) is 7.97. The summed E-state index contributed by atoms with van der Waals surface area (Å²) in [5, 5.41) is 59.8. The van der Waals surface area contributed by atoms with E-state index in [9.17, 15) is 25.5 Å². The minimum Gasteiger partial charge on any atom is -0.394 e. The van der Waals surface area contributed by atoms with Crippen LogP contribution in [-0.2, 0) is 4.74 Å². The number of hydrogen-bond acceptors (Lipinski definition) is 10. The summed E-state index contributed by atoms with van der Waals surface area (Å²) in [7, 11) is 0. The van der Waals surface area contributed by atoms with Gasteiger partial charge in [0.15, 0.2) is 17.0 Å². The van der Waals surface area contributed by atoms with E-state index in [1.54, 1.807) is 10.6 Å². The molecule has 0 unspecified atom stereocenters. The molecule has 1 aliphatic carbocycles. The first-order valence-electron chi connectivity index (χ1n) is 12.8. The fraction of sp³-hybridized carbons (Fsp3) is 0.321. The minimum atomic E-state index is -1.43. The van der Waals surface area contributed by atoms with E-state index in [2.05, 4.69) is 20.3 Å². The van der Waals surface area contributed by atoms with Gasteiger partial charge in [0, 0.05) is 6.42 Å². The number of aromatic nitrogens is 4. The first-order chi connectivity index (χ1) is 19.0. The number of aliphatic hydroxyl groups excluding tert-OH is 5. The van der Waals surface area contributed by atoms with Gasteiger partial charge in [0.1, 0.15) is 37.0 Å². The van der Waals surface area contributed by atoms with Crippen molar-refractivity contribution in [1.29, 1.82) is 0 Å². The second kappa shape index (κ2) is 9.19. The number of fused-ring (bicyclic) bond motifs is 6. The molecular formula is C28H27N5O6. The molecule has 2 aliphatic rings. The standard InChI is InChI=1S/C28H27N5O6/c34-10-18-17(35)9-19(39-18)33-12-31-23-27(29-11-30-28(23)33)32-22-21-16(24(36)26(38)25(22)37)8-7-14-6-5-13-3-1-2-4-15(13)20(14)21/h1-8,11-12,17-19,22,24-26,34-38H,9-10H2,(H,29,30,32)/t17-,18+,19+,22-,24+,25-,26-/m0/s1. The van der Waals surface area contributed by atoms with Crippen molar-refractivity contribution in [2.75, 3.05) is 11.9 Å². The smallest absolute Gasteiger partial charge is 0.167 e. The number of aliphatic hydroxyl groups is 5. The zero-order chi connectivity index (χ0) is 26.8. The van der Waals surface area contributed by atoms with E-state index in [1.165, 1.54) is 12.7 Å². The van der Waals surface area contributed by atoms with Crippen LogP contribution >= 0.6 is 0 Å². The zero-order valence-electron chi connectivity index (χ0n) is 20.7. The number of benzene rings is 3. The Hall–Kier alpha value is -3.71. The van der Waals surface area contributed by atoms with Crippen molar-refractivity contribution >= 4 is 38.5 Å². The normalized spacial score (nSPS) is 28.8. The molecule has 11 nitrogen and oxygen atoms in total. The van der Waals surface area contributed by atoms with E-state index in [0.717, 1.165) is 21.5 Å². The van der Waals surface area contributed by atoms with Crippen molar-refractivity contribution in [3.8, 4) is 0 Å². The summed E-state index contributed by atoms with van der Waals surface area (Å²) in [4.78, 5) is 13.3. The Morgan fingerprint density at radius 1 is 0.923 bits per heavy atom. The van der Waals surface area contributed by atoms with Crippen LogP contribution in [0.25, 0.3) is 32.7 Å². The summed E-state index contributed by atoms with van der Waals surface area (Å²) in [6.45, 7) is -0.304. The number of ether oxygens (including phenoxy) is 1. The number of imidazole rings is 1. The molecule has 1 saturated heterocycles. The highest BCUT2D eigenvalue weighted by Crippen LogP contribution is 2.44. The third-order valence-electron chi connectivity index (χ3n) is 7.97. The molecule has 5 aromatic rings. The van der Waals surface area contributed by atoms with E-state index in [0.29, 0.717) is 28.1 Å². The highest BCUT2D eigenvalue weighted by molar-refractivity contribution is 6.10. The van der Waals surface area contributed by atoms with E-state index < -0.39 is 42.8 Å². The minimum absolute atomic E-state index is 0.265. The van der Waals surface area contributed by atoms with Gasteiger partial charge in [-0.1, -0.05) is 48.5 Å². The van der Waals surface area contributed by atoms with Crippen molar-refractivity contribution in [3.63, 3.8) is 0 Å². The molecular weight excluding hydrogens is 502 g/mol. The van der Waals surface area contributed by atoms with Gasteiger partial charge in [-0.05, 0) is 32.7 Å². The molecule has 2 aromatic heterocycles. The van der Waals surface area contributed by atoms with E-state index in [1.807, 2.05) is 42.5 Å². The van der Waals surface area contributed by atoms with Crippen LogP contribution in [0.2, 0.25) is 0 Å². The van der Waals surface area contributed by atoms with Gasteiger partial charge in [-0.3, -0.25) is 4.57 Å². The molecule has 7 rings (SSSR count). The summed E-state index contributed by atoms with van der Waals surface area (Å²) in [5.74, 6) is 0.326. The maximum atomic E-state index is 11.3. The second-order valence-corrected chi connectivity index (χ2v) is 10.2. The van der Waals surface area contributed by atoms with Crippen LogP contribution < -0.4 is 5.32 Å². The van der Waals surface area contributed by atoms with Crippen LogP contribution in [0.4, 0.5) is 5.82 Å². The predicted octanol–water partition coefficient (Wildman–Crippen LogP) is 1.70. The molecule has 1 aliphatic heterocycles. The lowest BCUT2D eigenvalue weighted by atomic mass is 9.78. The molecule has 0 radical (unpaired) electrons. The van der Waals surface area contributed by atoms with Crippen LogP contribution in [0.3, 0.4) is 0 Å². The quantitative estimate of drug-likeness (QED) is 0.189. The lowest BCUT2D eigenvalue weighted by Crippen LogP contribution is -2.44. The fourth-order valence-corrected chi connectivity index (χ4v) is 6.00. The highest BCUT2D eigenvalue weighted by atomic mass is 16.5. The lowest BCUT2D eigenvalue weighted by Gasteiger charge is -2.38. The maximum Gasteiger partial charge on any atom is 0.167 e. The Morgan fingerprint density at radius 3 is 2.54 bits per heavy atom. The van der Waals surface area contributed by atoms with Crippen molar-refractivity contribution in [2.24, 2.45) is 0 Å². The topological polar surface area (TPSA) is 166 Å². The van der Waals surface area contributed by atoms with Gasteiger partial charge in [0.05, 0.1) is 25.1 Å². The first kappa shape index (κ1) is 24.3. The molecule has 0 amide bonds. The van der Waals surface area contributed by atoms with Crippen molar-refractivity contribution in [2.45, 2.75) is 49.2 Å². The van der Waals surface area contributed by atoms with Crippen molar-refractivity contribution in [3.05, 3.63) is 72.3 Å². The van der Waals surface area contributed by atoms with E-state index in [4.69, 9.17) is 4.74 Å². The average molecular weight is 530 g/mol. The molecule has 6 N–H and O–H groups in total. The van der Waals surface area contributed by atoms with Crippen LogP contribution in [0.15, 0.2) is 61.2 Å². The Morgan fingerprint density at radius 2 is 1.72 bits per heavy atom. The Bertz CT molecular complexity index is 1710. The SMILES string of the molecule is OC[C@H]1O[C@@H](n2cnc3c(N[C@H]4c5c(ccc6ccc7ccccc7c56)[C@@H](O)[C@H](O)[C@H]4O)ncnc32)C[C@@H]1O. The number of nitrogens with zero attached hydrogens (tertiary/aromatic N) is 4. The van der Waals surface area contributed by atoms with Gasteiger partial charge in [0.25, 0.3) is 0 Å². The zero-order valence-corrected chi connectivity index (χ0v) is 20.7. The first-order valence-corrected chi connectivity index (χ1v) is 12.8. The number of anilines is 1. The van der Waals surface area contributed by atoms with Crippen LogP contribution in [0, 0.1) is 0 Å². The van der Waals surface area contributed by atoms with Gasteiger partial charge in [0.2, 0.25) is 0 Å². The molecule has 0 bridgehead atoms. The monoisotopic (exact) mass is 529 g/mol. The molecule has 3 heterocycles. The molecule has 11 heteroatoms. The van der Waals surface area contributed by atoms with Crippen LogP contribution in [0.5, 0.6) is 0 Å². The summed E-state index contributed by atoms with van der Waals surface area (Å²) < 4.78 is 7.46.